The van der Waals surface area contributed by atoms with Crippen molar-refractivity contribution in [2.45, 2.75) is 63.4 Å². The first-order valence-corrected chi connectivity index (χ1v) is 7.64. The highest BCUT2D eigenvalue weighted by atomic mass is 16.6. The molecule has 1 saturated heterocycles. The molecule has 1 fully saturated rings. The van der Waals surface area contributed by atoms with Gasteiger partial charge in [0.1, 0.15) is 17.7 Å². The lowest BCUT2D eigenvalue weighted by atomic mass is 9.86. The van der Waals surface area contributed by atoms with Crippen LogP contribution < -0.4 is 5.32 Å². The van der Waals surface area contributed by atoms with Gasteiger partial charge in [0, 0.05) is 13.0 Å². The summed E-state index contributed by atoms with van der Waals surface area (Å²) in [5, 5.41) is 21.8. The van der Waals surface area contributed by atoms with E-state index in [9.17, 15) is 19.8 Å². The summed E-state index contributed by atoms with van der Waals surface area (Å²) in [5.74, 6) is -0.670. The van der Waals surface area contributed by atoms with Gasteiger partial charge in [-0.1, -0.05) is 0 Å². The van der Waals surface area contributed by atoms with Crippen molar-refractivity contribution in [2.24, 2.45) is 0 Å². The molecule has 1 heterocycles. The summed E-state index contributed by atoms with van der Waals surface area (Å²) in [6, 6.07) is -1.05. The van der Waals surface area contributed by atoms with Gasteiger partial charge in [-0.3, -0.25) is 0 Å². The van der Waals surface area contributed by atoms with Crippen molar-refractivity contribution in [3.05, 3.63) is 0 Å². The number of aliphatic hydroxyl groups is 2. The van der Waals surface area contributed by atoms with Crippen molar-refractivity contribution < 1.29 is 34.0 Å². The minimum Gasteiger partial charge on any atom is -0.467 e. The molecule has 3 atom stereocenters. The summed E-state index contributed by atoms with van der Waals surface area (Å²) in [6.07, 6.45) is -0.770. The zero-order chi connectivity index (χ0) is 17.7. The molecule has 0 unspecified atom stereocenters. The molecule has 1 amide bonds. The number of carbonyl (C=O) groups excluding carboxylic acids is 2. The van der Waals surface area contributed by atoms with Gasteiger partial charge in [0.25, 0.3) is 0 Å². The molecule has 1 aliphatic rings. The second-order valence-corrected chi connectivity index (χ2v) is 6.64. The zero-order valence-electron chi connectivity index (χ0n) is 14.1. The number of alkyl carbamates (subject to hydrolysis) is 1. The molecule has 0 bridgehead atoms. The standard InChI is InChI=1S/C15H27NO7/c1-14(2,3)23-13(20)16-10(12(19)21-4)8-15(11(18)9-17)6-5-7-22-15/h10-11,17-18H,5-9H2,1-4H3,(H,16,20)/t10-,11-,15-/m0/s1. The topological polar surface area (TPSA) is 114 Å². The van der Waals surface area contributed by atoms with Crippen LogP contribution in [0.4, 0.5) is 4.79 Å². The summed E-state index contributed by atoms with van der Waals surface area (Å²) in [7, 11) is 1.21. The Morgan fingerprint density at radius 1 is 1.39 bits per heavy atom. The Kier molecular flexibility index (Phi) is 6.79. The first-order chi connectivity index (χ1) is 10.6. The van der Waals surface area contributed by atoms with E-state index in [-0.39, 0.29) is 6.42 Å². The second-order valence-electron chi connectivity index (χ2n) is 6.64. The van der Waals surface area contributed by atoms with Gasteiger partial charge in [0.15, 0.2) is 0 Å². The summed E-state index contributed by atoms with van der Waals surface area (Å²) >= 11 is 0. The lowest BCUT2D eigenvalue weighted by Crippen LogP contribution is -2.53. The lowest BCUT2D eigenvalue weighted by molar-refractivity contribution is -0.150. The smallest absolute Gasteiger partial charge is 0.408 e. The van der Waals surface area contributed by atoms with E-state index in [2.05, 4.69) is 5.32 Å². The third-order valence-corrected chi connectivity index (χ3v) is 3.64. The van der Waals surface area contributed by atoms with Gasteiger partial charge >= 0.3 is 12.1 Å². The summed E-state index contributed by atoms with van der Waals surface area (Å²) in [4.78, 5) is 23.9. The van der Waals surface area contributed by atoms with Crippen molar-refractivity contribution in [1.29, 1.82) is 0 Å². The largest absolute Gasteiger partial charge is 0.467 e. The molecule has 8 heteroatoms. The van der Waals surface area contributed by atoms with Crippen LogP contribution >= 0.6 is 0 Å². The van der Waals surface area contributed by atoms with Crippen LogP contribution in [0.15, 0.2) is 0 Å². The lowest BCUT2D eigenvalue weighted by Gasteiger charge is -2.35. The quantitative estimate of drug-likeness (QED) is 0.601. The van der Waals surface area contributed by atoms with Gasteiger partial charge in [-0.2, -0.15) is 0 Å². The molecular formula is C15H27NO7. The van der Waals surface area contributed by atoms with E-state index in [4.69, 9.17) is 14.2 Å². The van der Waals surface area contributed by atoms with E-state index in [0.29, 0.717) is 19.4 Å². The maximum absolute atomic E-state index is 12.0. The molecule has 0 aromatic carbocycles. The number of rotatable bonds is 6. The number of amides is 1. The van der Waals surface area contributed by atoms with Gasteiger partial charge in [0.2, 0.25) is 0 Å². The van der Waals surface area contributed by atoms with Crippen molar-refractivity contribution in [3.63, 3.8) is 0 Å². The molecule has 0 aromatic rings. The van der Waals surface area contributed by atoms with E-state index >= 15 is 0 Å². The minimum atomic E-state index is -1.16. The Bertz CT molecular complexity index is 413. The molecule has 0 spiro atoms. The number of hydrogen-bond acceptors (Lipinski definition) is 7. The highest BCUT2D eigenvalue weighted by Gasteiger charge is 2.45. The molecule has 8 nitrogen and oxygen atoms in total. The fourth-order valence-corrected chi connectivity index (χ4v) is 2.58. The van der Waals surface area contributed by atoms with Crippen LogP contribution in [0.5, 0.6) is 0 Å². The van der Waals surface area contributed by atoms with E-state index in [1.54, 1.807) is 20.8 Å². The fraction of sp³-hybridized carbons (Fsp3) is 0.867. The van der Waals surface area contributed by atoms with Crippen LogP contribution in [0, 0.1) is 0 Å². The normalized spacial score (nSPS) is 23.9. The molecular weight excluding hydrogens is 306 g/mol. The SMILES string of the molecule is COC(=O)[C@H](C[C@]1([C@@H](O)CO)CCCO1)NC(=O)OC(C)(C)C. The molecule has 1 aliphatic heterocycles. The highest BCUT2D eigenvalue weighted by molar-refractivity contribution is 5.81. The Morgan fingerprint density at radius 2 is 2.04 bits per heavy atom. The summed E-state index contributed by atoms with van der Waals surface area (Å²) < 4.78 is 15.4. The predicted octanol–water partition coefficient (Wildman–Crippen LogP) is 0.345. The van der Waals surface area contributed by atoms with Gasteiger partial charge in [-0.05, 0) is 33.6 Å². The van der Waals surface area contributed by atoms with Crippen molar-refractivity contribution in [1.82, 2.24) is 5.32 Å². The van der Waals surface area contributed by atoms with E-state index in [0.717, 1.165) is 0 Å². The van der Waals surface area contributed by atoms with Crippen LogP contribution in [0.2, 0.25) is 0 Å². The number of aliphatic hydroxyl groups excluding tert-OH is 2. The number of esters is 1. The van der Waals surface area contributed by atoms with Crippen molar-refractivity contribution in [2.75, 3.05) is 20.3 Å². The Balaban J connectivity index is 2.85. The van der Waals surface area contributed by atoms with Crippen molar-refractivity contribution in [3.8, 4) is 0 Å². The molecule has 23 heavy (non-hydrogen) atoms. The monoisotopic (exact) mass is 333 g/mol. The van der Waals surface area contributed by atoms with Gasteiger partial charge in [0.05, 0.1) is 19.3 Å². The number of methoxy groups -OCH3 is 1. The third-order valence-electron chi connectivity index (χ3n) is 3.64. The Morgan fingerprint density at radius 3 is 2.48 bits per heavy atom. The van der Waals surface area contributed by atoms with E-state index in [1.165, 1.54) is 7.11 Å². The Hall–Kier alpha value is -1.38. The van der Waals surface area contributed by atoms with Crippen LogP contribution in [0.25, 0.3) is 0 Å². The van der Waals surface area contributed by atoms with E-state index < -0.39 is 42.0 Å². The molecule has 3 N–H and O–H groups in total. The summed E-state index contributed by atoms with van der Waals surface area (Å²) in [5.41, 5.74) is -1.81. The van der Waals surface area contributed by atoms with Crippen molar-refractivity contribution >= 4 is 12.1 Å². The second kappa shape index (κ2) is 7.94. The highest BCUT2D eigenvalue weighted by Crippen LogP contribution is 2.34. The molecule has 0 saturated carbocycles. The molecule has 0 aromatic heterocycles. The zero-order valence-corrected chi connectivity index (χ0v) is 14.1. The number of carbonyl (C=O) groups is 2. The number of nitrogens with one attached hydrogen (secondary N) is 1. The first-order valence-electron chi connectivity index (χ1n) is 7.64. The van der Waals surface area contributed by atoms with Crippen LogP contribution in [-0.4, -0.2) is 65.9 Å². The van der Waals surface area contributed by atoms with E-state index in [1.807, 2.05) is 0 Å². The minimum absolute atomic E-state index is 0.0133. The Labute approximate surface area is 136 Å². The molecule has 0 aliphatic carbocycles. The number of hydrogen-bond donors (Lipinski definition) is 3. The predicted molar refractivity (Wildman–Crippen MR) is 80.8 cm³/mol. The molecule has 1 rings (SSSR count). The maximum atomic E-state index is 12.0. The average molecular weight is 333 g/mol. The fourth-order valence-electron chi connectivity index (χ4n) is 2.58. The van der Waals surface area contributed by atoms with Crippen LogP contribution in [0.3, 0.4) is 0 Å². The van der Waals surface area contributed by atoms with Gasteiger partial charge in [-0.25, -0.2) is 9.59 Å². The molecule has 134 valence electrons. The van der Waals surface area contributed by atoms with Gasteiger partial charge in [-0.15, -0.1) is 0 Å². The van der Waals surface area contributed by atoms with Crippen LogP contribution in [-0.2, 0) is 19.0 Å². The number of ether oxygens (including phenoxy) is 3. The summed E-state index contributed by atoms with van der Waals surface area (Å²) in [6.45, 7) is 5.03. The third kappa shape index (κ3) is 5.63. The first kappa shape index (κ1) is 19.7. The average Bonchev–Trinajstić information content (AvgIpc) is 2.92. The van der Waals surface area contributed by atoms with Crippen LogP contribution in [0.1, 0.15) is 40.0 Å². The maximum Gasteiger partial charge on any atom is 0.408 e. The molecule has 0 radical (unpaired) electrons. The van der Waals surface area contributed by atoms with Gasteiger partial charge < -0.3 is 29.7 Å².